The van der Waals surface area contributed by atoms with Crippen LogP contribution in [0.4, 0.5) is 10.6 Å². The normalized spacial score (nSPS) is 19.1. The molecular formula is C18H20N4O5. The number of hydrogen-bond acceptors (Lipinski definition) is 6. The molecule has 142 valence electrons. The van der Waals surface area contributed by atoms with E-state index in [1.54, 1.807) is 27.0 Å². The van der Waals surface area contributed by atoms with E-state index in [1.807, 2.05) is 18.2 Å². The largest absolute Gasteiger partial charge is 0.496 e. The lowest BCUT2D eigenvalue weighted by molar-refractivity contribution is -0.133. The summed E-state index contributed by atoms with van der Waals surface area (Å²) in [5.41, 5.74) is -0.392. The van der Waals surface area contributed by atoms with Crippen molar-refractivity contribution < 1.29 is 23.6 Å². The Balaban J connectivity index is 1.71. The van der Waals surface area contributed by atoms with E-state index in [2.05, 4.69) is 15.8 Å². The topological polar surface area (TPSA) is 114 Å². The van der Waals surface area contributed by atoms with E-state index in [-0.39, 0.29) is 12.2 Å². The zero-order valence-electron chi connectivity index (χ0n) is 15.2. The van der Waals surface area contributed by atoms with Crippen molar-refractivity contribution in [2.24, 2.45) is 0 Å². The second-order valence-electron chi connectivity index (χ2n) is 6.51. The predicted octanol–water partition coefficient (Wildman–Crippen LogP) is 1.48. The molecule has 0 spiro atoms. The molecular weight excluding hydrogens is 352 g/mol. The highest BCUT2D eigenvalue weighted by Crippen LogP contribution is 2.27. The van der Waals surface area contributed by atoms with Gasteiger partial charge in [-0.2, -0.15) is 0 Å². The van der Waals surface area contributed by atoms with Crippen LogP contribution in [-0.2, 0) is 16.0 Å². The second kappa shape index (κ2) is 7.10. The molecule has 2 aromatic rings. The highest BCUT2D eigenvalue weighted by Gasteiger charge is 2.48. The zero-order valence-corrected chi connectivity index (χ0v) is 15.2. The number of aromatic nitrogens is 1. The number of nitrogens with one attached hydrogen (secondary N) is 2. The summed E-state index contributed by atoms with van der Waals surface area (Å²) in [6.07, 6.45) is 0.238. The first kappa shape index (κ1) is 18.4. The molecule has 1 fully saturated rings. The van der Waals surface area contributed by atoms with Crippen molar-refractivity contribution in [1.29, 1.82) is 0 Å². The number of rotatable bonds is 6. The van der Waals surface area contributed by atoms with Crippen LogP contribution >= 0.6 is 0 Å². The first-order valence-electron chi connectivity index (χ1n) is 8.31. The van der Waals surface area contributed by atoms with Gasteiger partial charge in [-0.05, 0) is 25.5 Å². The third-order valence-electron chi connectivity index (χ3n) is 4.28. The number of para-hydroxylation sites is 1. The first-order valence-corrected chi connectivity index (χ1v) is 8.31. The maximum atomic E-state index is 12.8. The number of methoxy groups -OCH3 is 1. The fourth-order valence-corrected chi connectivity index (χ4v) is 2.99. The van der Waals surface area contributed by atoms with Crippen molar-refractivity contribution in [3.63, 3.8) is 0 Å². The number of benzene rings is 1. The molecule has 1 aromatic carbocycles. The Labute approximate surface area is 155 Å². The van der Waals surface area contributed by atoms with E-state index >= 15 is 0 Å². The Morgan fingerprint density at radius 2 is 2.11 bits per heavy atom. The standard InChI is InChI=1S/C18H20N4O5/c1-11-8-14(21-27-11)19-15(23)10-22-16(24)18(2,20-17(22)25)9-12-6-4-5-7-13(12)26-3/h4-8H,9-10H2,1-3H3,(H,20,25)(H,19,21,23)/t18-/m0/s1. The van der Waals surface area contributed by atoms with Gasteiger partial charge >= 0.3 is 6.03 Å². The Morgan fingerprint density at radius 3 is 2.78 bits per heavy atom. The van der Waals surface area contributed by atoms with Gasteiger partial charge in [0, 0.05) is 12.5 Å². The van der Waals surface area contributed by atoms with Gasteiger partial charge in [0.25, 0.3) is 5.91 Å². The molecule has 9 heteroatoms. The number of carbonyl (C=O) groups excluding carboxylic acids is 3. The van der Waals surface area contributed by atoms with Crippen LogP contribution in [0.3, 0.4) is 0 Å². The van der Waals surface area contributed by atoms with Crippen LogP contribution < -0.4 is 15.4 Å². The number of amides is 4. The quantitative estimate of drug-likeness (QED) is 0.743. The molecule has 1 saturated heterocycles. The lowest BCUT2D eigenvalue weighted by Crippen LogP contribution is -2.46. The van der Waals surface area contributed by atoms with Crippen molar-refractivity contribution in [1.82, 2.24) is 15.4 Å². The van der Waals surface area contributed by atoms with Crippen molar-refractivity contribution in [2.75, 3.05) is 19.0 Å². The molecule has 3 rings (SSSR count). The molecule has 0 radical (unpaired) electrons. The molecule has 9 nitrogen and oxygen atoms in total. The third kappa shape index (κ3) is 3.76. The molecule has 0 unspecified atom stereocenters. The minimum atomic E-state index is -1.17. The van der Waals surface area contributed by atoms with Gasteiger partial charge in [0.2, 0.25) is 5.91 Å². The van der Waals surface area contributed by atoms with Gasteiger partial charge in [-0.15, -0.1) is 0 Å². The number of carbonyl (C=O) groups is 3. The molecule has 1 aromatic heterocycles. The minimum Gasteiger partial charge on any atom is -0.496 e. The number of imide groups is 1. The van der Waals surface area contributed by atoms with Gasteiger partial charge in [-0.25, -0.2) is 4.79 Å². The van der Waals surface area contributed by atoms with E-state index in [0.29, 0.717) is 11.5 Å². The maximum Gasteiger partial charge on any atom is 0.325 e. The molecule has 1 aliphatic heterocycles. The highest BCUT2D eigenvalue weighted by atomic mass is 16.5. The summed E-state index contributed by atoms with van der Waals surface area (Å²) in [5, 5.41) is 8.81. The molecule has 0 aliphatic carbocycles. The fraction of sp³-hybridized carbons (Fsp3) is 0.333. The molecule has 2 heterocycles. The van der Waals surface area contributed by atoms with Crippen LogP contribution in [-0.4, -0.2) is 47.1 Å². The molecule has 2 N–H and O–H groups in total. The van der Waals surface area contributed by atoms with Gasteiger partial charge in [-0.3, -0.25) is 14.5 Å². The number of urea groups is 1. The van der Waals surface area contributed by atoms with Crippen LogP contribution in [0.2, 0.25) is 0 Å². The smallest absolute Gasteiger partial charge is 0.325 e. The van der Waals surface area contributed by atoms with E-state index < -0.39 is 29.9 Å². The van der Waals surface area contributed by atoms with Gasteiger partial charge in [0.15, 0.2) is 5.82 Å². The summed E-state index contributed by atoms with van der Waals surface area (Å²) < 4.78 is 10.2. The van der Waals surface area contributed by atoms with Crippen LogP contribution in [0, 0.1) is 6.92 Å². The Morgan fingerprint density at radius 1 is 1.37 bits per heavy atom. The average molecular weight is 372 g/mol. The molecule has 0 saturated carbocycles. The lowest BCUT2D eigenvalue weighted by atomic mass is 9.92. The number of aryl methyl sites for hydroxylation is 1. The fourth-order valence-electron chi connectivity index (χ4n) is 2.99. The predicted molar refractivity (Wildman–Crippen MR) is 95.2 cm³/mol. The number of anilines is 1. The Hall–Kier alpha value is -3.36. The van der Waals surface area contributed by atoms with Gasteiger partial charge in [0.1, 0.15) is 23.6 Å². The Bertz CT molecular complexity index is 893. The van der Waals surface area contributed by atoms with Crippen molar-refractivity contribution in [2.45, 2.75) is 25.8 Å². The summed E-state index contributed by atoms with van der Waals surface area (Å²) in [6.45, 7) is 2.89. The van der Waals surface area contributed by atoms with E-state index in [4.69, 9.17) is 9.26 Å². The van der Waals surface area contributed by atoms with E-state index in [9.17, 15) is 14.4 Å². The molecule has 1 aliphatic rings. The first-order chi connectivity index (χ1) is 12.8. The van der Waals surface area contributed by atoms with Gasteiger partial charge in [-0.1, -0.05) is 23.4 Å². The van der Waals surface area contributed by atoms with Crippen LogP contribution in [0.25, 0.3) is 0 Å². The molecule has 4 amide bonds. The summed E-state index contributed by atoms with van der Waals surface area (Å²) in [7, 11) is 1.54. The molecule has 1 atom stereocenters. The minimum absolute atomic E-state index is 0.223. The van der Waals surface area contributed by atoms with E-state index in [1.165, 1.54) is 6.07 Å². The highest BCUT2D eigenvalue weighted by molar-refractivity contribution is 6.10. The van der Waals surface area contributed by atoms with Crippen molar-refractivity contribution in [3.05, 3.63) is 41.7 Å². The summed E-state index contributed by atoms with van der Waals surface area (Å²) in [4.78, 5) is 38.1. The third-order valence-corrected chi connectivity index (χ3v) is 4.28. The Kier molecular flexibility index (Phi) is 4.85. The second-order valence-corrected chi connectivity index (χ2v) is 6.51. The van der Waals surface area contributed by atoms with Crippen LogP contribution in [0.1, 0.15) is 18.2 Å². The maximum absolute atomic E-state index is 12.8. The van der Waals surface area contributed by atoms with Crippen LogP contribution in [0.15, 0.2) is 34.9 Å². The molecule has 27 heavy (non-hydrogen) atoms. The number of ether oxygens (including phenoxy) is 1. The zero-order chi connectivity index (χ0) is 19.6. The average Bonchev–Trinajstić information content (AvgIpc) is 3.11. The number of hydrogen-bond donors (Lipinski definition) is 2. The van der Waals surface area contributed by atoms with Gasteiger partial charge in [0.05, 0.1) is 7.11 Å². The summed E-state index contributed by atoms with van der Waals surface area (Å²) in [6, 6.07) is 8.17. The van der Waals surface area contributed by atoms with Crippen LogP contribution in [0.5, 0.6) is 5.75 Å². The van der Waals surface area contributed by atoms with Crippen molar-refractivity contribution in [3.8, 4) is 5.75 Å². The van der Waals surface area contributed by atoms with Crippen molar-refractivity contribution >= 4 is 23.7 Å². The van der Waals surface area contributed by atoms with E-state index in [0.717, 1.165) is 10.5 Å². The summed E-state index contributed by atoms with van der Waals surface area (Å²) >= 11 is 0. The SMILES string of the molecule is COc1ccccc1C[C@]1(C)NC(=O)N(CC(=O)Nc2cc(C)on2)C1=O. The monoisotopic (exact) mass is 372 g/mol. The number of nitrogens with zero attached hydrogens (tertiary/aromatic N) is 2. The van der Waals surface area contributed by atoms with Gasteiger partial charge < -0.3 is 19.9 Å². The summed E-state index contributed by atoms with van der Waals surface area (Å²) in [5.74, 6) is 0.350. The lowest BCUT2D eigenvalue weighted by Gasteiger charge is -2.22. The molecule has 0 bridgehead atoms.